The number of hydrogen-bond donors (Lipinski definition) is 0. The van der Waals surface area contributed by atoms with Gasteiger partial charge in [0.1, 0.15) is 5.76 Å². The Morgan fingerprint density at radius 1 is 1.06 bits per heavy atom. The zero-order valence-corrected chi connectivity index (χ0v) is 13.4. The fourth-order valence-electron chi connectivity index (χ4n) is 2.58. The largest absolute Gasteiger partial charge is 0.547 e. The molecule has 1 aliphatic rings. The van der Waals surface area contributed by atoms with Gasteiger partial charge < -0.3 is 4.43 Å². The van der Waals surface area contributed by atoms with Crippen molar-refractivity contribution < 1.29 is 4.43 Å². The van der Waals surface area contributed by atoms with Gasteiger partial charge in [-0.25, -0.2) is 0 Å². The minimum absolute atomic E-state index is 0.201. The van der Waals surface area contributed by atoms with Gasteiger partial charge in [0.25, 0.3) is 0 Å². The van der Waals surface area contributed by atoms with Crippen molar-refractivity contribution in [1.82, 2.24) is 0 Å². The van der Waals surface area contributed by atoms with Gasteiger partial charge in [-0.1, -0.05) is 45.0 Å². The van der Waals surface area contributed by atoms with Crippen molar-refractivity contribution in [3.8, 4) is 0 Å². The van der Waals surface area contributed by atoms with Gasteiger partial charge in [0, 0.05) is 5.56 Å². The SMILES string of the molecule is C[SiH](C)OC1=C(C(C)(C)C)CCc2ccccc21. The van der Waals surface area contributed by atoms with Gasteiger partial charge in [-0.3, -0.25) is 0 Å². The van der Waals surface area contributed by atoms with Gasteiger partial charge >= 0.3 is 0 Å². The summed E-state index contributed by atoms with van der Waals surface area (Å²) in [6.07, 6.45) is 2.28. The van der Waals surface area contributed by atoms with E-state index in [1.165, 1.54) is 22.5 Å². The van der Waals surface area contributed by atoms with Crippen LogP contribution in [0.4, 0.5) is 0 Å². The van der Waals surface area contributed by atoms with E-state index in [9.17, 15) is 0 Å². The minimum Gasteiger partial charge on any atom is -0.547 e. The zero-order valence-electron chi connectivity index (χ0n) is 12.2. The maximum atomic E-state index is 6.28. The third-order valence-corrected chi connectivity index (χ3v) is 4.15. The van der Waals surface area contributed by atoms with E-state index in [0.717, 1.165) is 12.8 Å². The first-order chi connectivity index (χ1) is 8.39. The van der Waals surface area contributed by atoms with Crippen LogP contribution in [0, 0.1) is 5.41 Å². The van der Waals surface area contributed by atoms with E-state index < -0.39 is 9.04 Å². The topological polar surface area (TPSA) is 9.23 Å². The molecule has 0 saturated carbocycles. The molecule has 0 aromatic heterocycles. The molecule has 1 aromatic carbocycles. The average Bonchev–Trinajstić information content (AvgIpc) is 2.27. The Balaban J connectivity index is 2.54. The first-order valence-corrected chi connectivity index (χ1v) is 9.66. The van der Waals surface area contributed by atoms with E-state index in [0.29, 0.717) is 0 Å². The highest BCUT2D eigenvalue weighted by atomic mass is 28.3. The van der Waals surface area contributed by atoms with Crippen molar-refractivity contribution in [1.29, 1.82) is 0 Å². The van der Waals surface area contributed by atoms with Crippen LogP contribution >= 0.6 is 0 Å². The fourth-order valence-corrected chi connectivity index (χ4v) is 3.32. The van der Waals surface area contributed by atoms with Crippen LogP contribution < -0.4 is 0 Å². The molecule has 1 nitrogen and oxygen atoms in total. The van der Waals surface area contributed by atoms with Gasteiger partial charge in [0.2, 0.25) is 9.04 Å². The van der Waals surface area contributed by atoms with Crippen LogP contribution in [0.5, 0.6) is 0 Å². The number of allylic oxidation sites excluding steroid dienone is 1. The van der Waals surface area contributed by atoms with Crippen molar-refractivity contribution >= 4 is 14.8 Å². The van der Waals surface area contributed by atoms with Crippen molar-refractivity contribution in [3.05, 3.63) is 41.0 Å². The Morgan fingerprint density at radius 3 is 2.33 bits per heavy atom. The van der Waals surface area contributed by atoms with E-state index in [4.69, 9.17) is 4.43 Å². The number of benzene rings is 1. The predicted molar refractivity (Wildman–Crippen MR) is 81.1 cm³/mol. The van der Waals surface area contributed by atoms with Crippen molar-refractivity contribution in [3.63, 3.8) is 0 Å². The predicted octanol–water partition coefficient (Wildman–Crippen LogP) is 4.39. The first-order valence-electron chi connectivity index (χ1n) is 6.88. The Bertz CT molecular complexity index is 466. The summed E-state index contributed by atoms with van der Waals surface area (Å²) in [5.41, 5.74) is 4.46. The van der Waals surface area contributed by atoms with Crippen LogP contribution in [0.1, 0.15) is 38.3 Å². The molecule has 2 heteroatoms. The van der Waals surface area contributed by atoms with E-state index in [2.05, 4.69) is 58.1 Å². The summed E-state index contributed by atoms with van der Waals surface area (Å²) in [5, 5.41) is 0. The molecule has 0 bridgehead atoms. The minimum atomic E-state index is -1.07. The molecule has 2 rings (SSSR count). The lowest BCUT2D eigenvalue weighted by molar-refractivity contribution is 0.442. The molecule has 98 valence electrons. The molecule has 0 atom stereocenters. The van der Waals surface area contributed by atoms with Gasteiger partial charge in [-0.2, -0.15) is 0 Å². The van der Waals surface area contributed by atoms with Gasteiger partial charge in [-0.15, -0.1) is 0 Å². The van der Waals surface area contributed by atoms with Crippen LogP contribution in [0.3, 0.4) is 0 Å². The Labute approximate surface area is 113 Å². The maximum Gasteiger partial charge on any atom is 0.229 e. The summed E-state index contributed by atoms with van der Waals surface area (Å²) in [4.78, 5) is 0. The molecule has 0 N–H and O–H groups in total. The molecule has 1 aliphatic carbocycles. The number of aryl methyl sites for hydroxylation is 1. The molecular formula is C16H24OSi. The van der Waals surface area contributed by atoms with Crippen molar-refractivity contribution in [2.75, 3.05) is 0 Å². The number of hydrogen-bond acceptors (Lipinski definition) is 1. The maximum absolute atomic E-state index is 6.28. The summed E-state index contributed by atoms with van der Waals surface area (Å²) in [5.74, 6) is 1.19. The van der Waals surface area contributed by atoms with Crippen LogP contribution in [0.15, 0.2) is 29.8 Å². The van der Waals surface area contributed by atoms with E-state index in [-0.39, 0.29) is 5.41 Å². The molecule has 0 saturated heterocycles. The van der Waals surface area contributed by atoms with E-state index in [1.54, 1.807) is 0 Å². The molecule has 0 fully saturated rings. The van der Waals surface area contributed by atoms with Crippen LogP contribution in [-0.2, 0) is 10.8 Å². The third-order valence-electron chi connectivity index (χ3n) is 3.44. The van der Waals surface area contributed by atoms with Crippen molar-refractivity contribution in [2.45, 2.75) is 46.7 Å². The molecule has 0 radical (unpaired) electrons. The summed E-state index contributed by atoms with van der Waals surface area (Å²) in [6, 6.07) is 8.70. The highest BCUT2D eigenvalue weighted by molar-refractivity contribution is 6.49. The normalized spacial score (nSPS) is 15.9. The first kappa shape index (κ1) is 13.4. The molecule has 18 heavy (non-hydrogen) atoms. The smallest absolute Gasteiger partial charge is 0.229 e. The Morgan fingerprint density at radius 2 is 1.72 bits per heavy atom. The summed E-state index contributed by atoms with van der Waals surface area (Å²) >= 11 is 0. The number of rotatable bonds is 2. The lowest BCUT2D eigenvalue weighted by Crippen LogP contribution is -2.20. The van der Waals surface area contributed by atoms with Crippen LogP contribution in [-0.4, -0.2) is 9.04 Å². The highest BCUT2D eigenvalue weighted by Crippen LogP contribution is 2.41. The molecule has 0 spiro atoms. The van der Waals surface area contributed by atoms with Crippen LogP contribution in [0.25, 0.3) is 5.76 Å². The summed E-state index contributed by atoms with van der Waals surface area (Å²) in [7, 11) is -1.07. The standard InChI is InChI=1S/C16H24OSi/c1-16(2,3)14-11-10-12-8-6-7-9-13(12)15(14)17-18(4)5/h6-9,18H,10-11H2,1-5H3. The van der Waals surface area contributed by atoms with Gasteiger partial charge in [-0.05, 0) is 42.5 Å². The molecule has 0 aliphatic heterocycles. The van der Waals surface area contributed by atoms with E-state index >= 15 is 0 Å². The zero-order chi connectivity index (χ0) is 13.3. The monoisotopic (exact) mass is 260 g/mol. The number of fused-ring (bicyclic) bond motifs is 1. The lowest BCUT2D eigenvalue weighted by atomic mass is 9.77. The average molecular weight is 260 g/mol. The van der Waals surface area contributed by atoms with Gasteiger partial charge in [0.15, 0.2) is 0 Å². The Hall–Kier alpha value is -1.02. The van der Waals surface area contributed by atoms with Gasteiger partial charge in [0.05, 0.1) is 0 Å². The third kappa shape index (κ3) is 2.69. The molecule has 0 heterocycles. The lowest BCUT2D eigenvalue weighted by Gasteiger charge is -2.32. The Kier molecular flexibility index (Phi) is 3.67. The second-order valence-electron chi connectivity index (χ2n) is 6.38. The molecule has 0 unspecified atom stereocenters. The molecule has 1 aromatic rings. The molecular weight excluding hydrogens is 236 g/mol. The van der Waals surface area contributed by atoms with E-state index in [1.807, 2.05) is 0 Å². The highest BCUT2D eigenvalue weighted by Gasteiger charge is 2.28. The second-order valence-corrected chi connectivity index (χ2v) is 8.71. The van der Waals surface area contributed by atoms with Crippen molar-refractivity contribution in [2.24, 2.45) is 5.41 Å². The molecule has 0 amide bonds. The summed E-state index contributed by atoms with van der Waals surface area (Å²) < 4.78 is 6.28. The second kappa shape index (κ2) is 4.92. The summed E-state index contributed by atoms with van der Waals surface area (Å²) in [6.45, 7) is 11.4. The quantitative estimate of drug-likeness (QED) is 0.717. The van der Waals surface area contributed by atoms with Crippen LogP contribution in [0.2, 0.25) is 13.1 Å². The fraction of sp³-hybridized carbons (Fsp3) is 0.500.